The average molecular weight is 1790 g/mol. The van der Waals surface area contributed by atoms with Crippen molar-refractivity contribution in [2.75, 3.05) is 14.7 Å². The molecule has 4 aromatic heterocycles. The largest absolute Gasteiger partial charge is 0.311 e. The van der Waals surface area contributed by atoms with Crippen molar-refractivity contribution < 1.29 is 0 Å². The summed E-state index contributed by atoms with van der Waals surface area (Å²) >= 11 is 3.78. The van der Waals surface area contributed by atoms with Gasteiger partial charge >= 0.3 is 0 Å². The van der Waals surface area contributed by atoms with Crippen molar-refractivity contribution in [3.63, 3.8) is 0 Å². The van der Waals surface area contributed by atoms with Crippen molar-refractivity contribution in [3.05, 3.63) is 537 Å². The second-order valence-electron chi connectivity index (χ2n) is 36.2. The number of hydrogen-bond acceptors (Lipinski definition) is 5. The Morgan fingerprint density at radius 2 is 0.569 bits per heavy atom. The summed E-state index contributed by atoms with van der Waals surface area (Å²) in [5.74, 6) is 0.257. The Labute approximate surface area is 805 Å². The summed E-state index contributed by atoms with van der Waals surface area (Å²) in [7, 11) is 0. The summed E-state index contributed by atoms with van der Waals surface area (Å²) < 4.78 is 10.2. The van der Waals surface area contributed by atoms with E-state index in [1.807, 2.05) is 22.7 Å². The van der Waals surface area contributed by atoms with E-state index >= 15 is 0 Å². The number of anilines is 9. The van der Waals surface area contributed by atoms with Gasteiger partial charge in [-0.25, -0.2) is 0 Å². The van der Waals surface area contributed by atoms with Gasteiger partial charge in [-0.2, -0.15) is 0 Å². The Balaban J connectivity index is 0.000000110. The molecule has 137 heavy (non-hydrogen) atoms. The molecule has 25 aromatic rings. The van der Waals surface area contributed by atoms with Crippen molar-refractivity contribution in [2.45, 2.75) is 25.2 Å². The standard InChI is InChI=1S/C48H33N3.C46H35N.C36H23NS2/c1-5-15-34(16-6-1)35-25-27-39(28-26-35)49(36-17-7-2-8-18-36)40-29-30-42-46(33-40)51(38-21-11-4-12-22-38)45-32-31-44-47(48(42)45)41-23-13-14-24-43(41)50(44)37-19-9-3-10-20-37;1-46(2)43-27-24-33(31-22-25-36(26-23-31)47(34-16-8-4-9-17-34)35-18-10-5-11-19-35)28-40(43)41-29-39-37-20-12-13-21-38(37)45(42(39)30-44(41)46)32-14-6-3-7-15-32;1-3-9-24(10-4-1)25-15-17-27(18-16-25)37(26-11-5-2-6-12-26)28-19-20-30-32-22-31-29-13-7-8-14-33(29)38-35(31)23-36(32)39-34(30)21-28/h1-33H;3-30,45H,1-2H3;1-23H. The van der Waals surface area contributed by atoms with Crippen LogP contribution in [0.4, 0.5) is 51.2 Å². The van der Waals surface area contributed by atoms with E-state index in [-0.39, 0.29) is 11.3 Å². The highest BCUT2D eigenvalue weighted by Crippen LogP contribution is 2.57. The van der Waals surface area contributed by atoms with E-state index < -0.39 is 0 Å². The van der Waals surface area contributed by atoms with E-state index in [9.17, 15) is 0 Å². The minimum absolute atomic E-state index is 0.0794. The van der Waals surface area contributed by atoms with Gasteiger partial charge in [0, 0.05) is 136 Å². The molecule has 0 spiro atoms. The molecule has 0 aliphatic heterocycles. The fourth-order valence-electron chi connectivity index (χ4n) is 21.5. The quantitative estimate of drug-likeness (QED) is 0.102. The van der Waals surface area contributed by atoms with Crippen molar-refractivity contribution in [1.29, 1.82) is 0 Å². The molecular formula is C130H91N5S2. The monoisotopic (exact) mass is 1790 g/mol. The summed E-state index contributed by atoms with van der Waals surface area (Å²) in [6.07, 6.45) is 0. The Morgan fingerprint density at radius 3 is 1.10 bits per heavy atom. The van der Waals surface area contributed by atoms with Crippen molar-refractivity contribution in [2.24, 2.45) is 0 Å². The third-order valence-corrected chi connectivity index (χ3v) is 30.1. The first-order valence-corrected chi connectivity index (χ1v) is 48.7. The molecule has 4 heterocycles. The third kappa shape index (κ3) is 14.6. The molecule has 0 bridgehead atoms. The van der Waals surface area contributed by atoms with Crippen LogP contribution in [0.2, 0.25) is 0 Å². The maximum atomic E-state index is 2.53. The van der Waals surface area contributed by atoms with Gasteiger partial charge in [0.1, 0.15) is 0 Å². The van der Waals surface area contributed by atoms with E-state index in [1.165, 1.54) is 173 Å². The summed E-state index contributed by atoms with van der Waals surface area (Å²) in [6.45, 7) is 4.78. The molecule has 1 unspecified atom stereocenters. The maximum absolute atomic E-state index is 2.53. The van der Waals surface area contributed by atoms with Crippen LogP contribution < -0.4 is 14.7 Å². The molecule has 0 fully saturated rings. The molecule has 648 valence electrons. The predicted octanol–water partition coefficient (Wildman–Crippen LogP) is 36.9. The van der Waals surface area contributed by atoms with Gasteiger partial charge < -0.3 is 23.8 Å². The smallest absolute Gasteiger partial charge is 0.0562 e. The highest BCUT2D eigenvalue weighted by atomic mass is 32.1. The van der Waals surface area contributed by atoms with Crippen molar-refractivity contribution >= 4 is 158 Å². The summed E-state index contributed by atoms with van der Waals surface area (Å²) in [6, 6.07) is 185. The van der Waals surface area contributed by atoms with Gasteiger partial charge in [0.2, 0.25) is 0 Å². The number of fused-ring (bicyclic) bond motifs is 19. The van der Waals surface area contributed by atoms with Crippen LogP contribution in [0.3, 0.4) is 0 Å². The normalized spacial score (nSPS) is 12.7. The molecule has 2 aliphatic carbocycles. The minimum atomic E-state index is -0.0794. The zero-order valence-electron chi connectivity index (χ0n) is 75.6. The second-order valence-corrected chi connectivity index (χ2v) is 38.3. The molecule has 7 heteroatoms. The van der Waals surface area contributed by atoms with E-state index in [4.69, 9.17) is 0 Å². The van der Waals surface area contributed by atoms with Gasteiger partial charge in [-0.15, -0.1) is 22.7 Å². The molecule has 0 radical (unpaired) electrons. The number of nitrogens with zero attached hydrogens (tertiary/aromatic N) is 5. The fraction of sp³-hybridized carbons (Fsp3) is 0.0308. The Morgan fingerprint density at radius 1 is 0.204 bits per heavy atom. The van der Waals surface area contributed by atoms with Gasteiger partial charge in [0.15, 0.2) is 0 Å². The second kappa shape index (κ2) is 34.6. The van der Waals surface area contributed by atoms with E-state index in [0.29, 0.717) is 0 Å². The lowest BCUT2D eigenvalue weighted by Gasteiger charge is -2.26. The third-order valence-electron chi connectivity index (χ3n) is 27.9. The topological polar surface area (TPSA) is 19.6 Å². The first-order chi connectivity index (χ1) is 67.7. The molecule has 0 N–H and O–H groups in total. The number of hydrogen-bond donors (Lipinski definition) is 0. The van der Waals surface area contributed by atoms with E-state index in [1.54, 1.807) is 0 Å². The molecule has 0 saturated carbocycles. The molecule has 5 nitrogen and oxygen atoms in total. The summed E-state index contributed by atoms with van der Waals surface area (Å²) in [5.41, 5.74) is 37.0. The van der Waals surface area contributed by atoms with E-state index in [0.717, 1.165) is 56.9 Å². The van der Waals surface area contributed by atoms with Gasteiger partial charge in [-0.05, 0) is 265 Å². The molecular weight excluding hydrogens is 1700 g/mol. The first-order valence-electron chi connectivity index (χ1n) is 47.1. The lowest BCUT2D eigenvalue weighted by Crippen LogP contribution is -2.15. The first kappa shape index (κ1) is 82.0. The van der Waals surface area contributed by atoms with Gasteiger partial charge in [-0.1, -0.05) is 341 Å². The summed E-state index contributed by atoms with van der Waals surface area (Å²) in [4.78, 5) is 7.02. The lowest BCUT2D eigenvalue weighted by atomic mass is 9.80. The molecule has 0 amide bonds. The van der Waals surface area contributed by atoms with Crippen LogP contribution in [0, 0.1) is 0 Å². The summed E-state index contributed by atoms with van der Waals surface area (Å²) in [5, 5.41) is 10.4. The fourth-order valence-corrected chi connectivity index (χ4v) is 23.8. The van der Waals surface area contributed by atoms with Crippen LogP contribution in [0.5, 0.6) is 0 Å². The molecule has 21 aromatic carbocycles. The van der Waals surface area contributed by atoms with Crippen LogP contribution in [0.1, 0.15) is 47.6 Å². The number of rotatable bonds is 15. The Kier molecular flexibility index (Phi) is 20.7. The molecule has 27 rings (SSSR count). The minimum Gasteiger partial charge on any atom is -0.311 e. The van der Waals surface area contributed by atoms with Crippen LogP contribution >= 0.6 is 22.7 Å². The van der Waals surface area contributed by atoms with Gasteiger partial charge in [-0.3, -0.25) is 0 Å². The van der Waals surface area contributed by atoms with Crippen molar-refractivity contribution in [1.82, 2.24) is 9.13 Å². The Bertz CT molecular complexity index is 8770. The number of para-hydroxylation sites is 7. The van der Waals surface area contributed by atoms with Crippen LogP contribution in [0.15, 0.2) is 510 Å². The molecule has 1 atom stereocenters. The van der Waals surface area contributed by atoms with Crippen molar-refractivity contribution in [3.8, 4) is 67.0 Å². The highest BCUT2D eigenvalue weighted by molar-refractivity contribution is 7.28. The zero-order chi connectivity index (χ0) is 91.0. The van der Waals surface area contributed by atoms with Crippen LogP contribution in [-0.4, -0.2) is 9.13 Å². The average Bonchev–Trinajstić information content (AvgIpc) is 1.54. The zero-order valence-corrected chi connectivity index (χ0v) is 77.3. The molecule has 0 saturated heterocycles. The lowest BCUT2D eigenvalue weighted by molar-refractivity contribution is 0.659. The highest BCUT2D eigenvalue weighted by Gasteiger charge is 2.40. The maximum Gasteiger partial charge on any atom is 0.0562 e. The number of thiophene rings is 2. The van der Waals surface area contributed by atoms with Crippen LogP contribution in [-0.2, 0) is 5.41 Å². The van der Waals surface area contributed by atoms with Crippen LogP contribution in [0.25, 0.3) is 151 Å². The predicted molar refractivity (Wildman–Crippen MR) is 585 cm³/mol. The SMILES string of the molecule is CC1(C)c2ccc(-c3ccc(N(c4ccccc4)c4ccccc4)cc3)cc2-c2cc3c(cc21)C(c1ccccc1)c1ccccc1-3.c1ccc(-c2ccc(N(c3ccccc3)c3ccc4c(c3)sc3cc5sc6ccccc6c5cc34)cc2)cc1.c1ccc(-c2ccc(N(c3ccccc3)c3ccc4c5c6c7ccccc7n(-c7ccccc7)c6ccc5n(-c5ccccc5)c4c3)cc2)cc1. The van der Waals surface area contributed by atoms with Gasteiger partial charge in [0.25, 0.3) is 0 Å². The number of aromatic nitrogens is 2. The molecule has 2 aliphatic rings. The Hall–Kier alpha value is -16.9. The van der Waals surface area contributed by atoms with Gasteiger partial charge in [0.05, 0.1) is 22.1 Å². The number of benzene rings is 21. The van der Waals surface area contributed by atoms with E-state index in [2.05, 4.69) is 547 Å².